The molecule has 3 unspecified atom stereocenters. The Bertz CT molecular complexity index is 297. The quantitative estimate of drug-likeness (QED) is 0.582. The maximum Gasteiger partial charge on any atom is 0.218 e. The van der Waals surface area contributed by atoms with E-state index in [1.165, 1.54) is 0 Å². The smallest absolute Gasteiger partial charge is 0.218 e. The number of hydrogen-bond donors (Lipinski definition) is 3. The van der Waals surface area contributed by atoms with Crippen molar-refractivity contribution in [1.29, 1.82) is 0 Å². The van der Waals surface area contributed by atoms with Crippen molar-refractivity contribution in [3.63, 3.8) is 0 Å². The van der Waals surface area contributed by atoms with Crippen molar-refractivity contribution in [1.82, 2.24) is 0 Å². The number of aliphatic hydroxyl groups excluding tert-OH is 3. The van der Waals surface area contributed by atoms with Crippen LogP contribution in [-0.4, -0.2) is 46.2 Å². The van der Waals surface area contributed by atoms with Gasteiger partial charge in [-0.1, -0.05) is 0 Å². The average molecular weight is 218 g/mol. The molecule has 0 aliphatic carbocycles. The summed E-state index contributed by atoms with van der Waals surface area (Å²) in [5.41, 5.74) is 0. The molecule has 0 aromatic heterocycles. The van der Waals surface area contributed by atoms with E-state index in [9.17, 15) is 10.2 Å². The third-order valence-electron chi connectivity index (χ3n) is 2.41. The van der Waals surface area contributed by atoms with Gasteiger partial charge in [-0.3, -0.25) is 0 Å². The fourth-order valence-corrected chi connectivity index (χ4v) is 1.67. The molecule has 6 heteroatoms. The zero-order chi connectivity index (χ0) is 11.2. The first-order valence-electron chi connectivity index (χ1n) is 4.68. The van der Waals surface area contributed by atoms with Crippen molar-refractivity contribution in [2.45, 2.75) is 38.1 Å². The minimum absolute atomic E-state index is 0.238. The zero-order valence-electron chi connectivity index (χ0n) is 8.51. The van der Waals surface area contributed by atoms with Crippen LogP contribution in [0.2, 0.25) is 0 Å². The Labute approximate surface area is 86.7 Å². The van der Waals surface area contributed by atoms with Crippen molar-refractivity contribution in [2.24, 2.45) is 0 Å². The zero-order valence-corrected chi connectivity index (χ0v) is 8.51. The lowest BCUT2D eigenvalue weighted by Gasteiger charge is -2.20. The molecule has 2 aliphatic rings. The topological polar surface area (TPSA) is 88.4 Å². The predicted molar refractivity (Wildman–Crippen MR) is 48.1 cm³/mol. The molecule has 0 amide bonds. The van der Waals surface area contributed by atoms with E-state index < -0.39 is 35.8 Å². The van der Waals surface area contributed by atoms with Gasteiger partial charge in [0.25, 0.3) is 0 Å². The van der Waals surface area contributed by atoms with Crippen LogP contribution in [0.5, 0.6) is 0 Å². The molecule has 2 rings (SSSR count). The van der Waals surface area contributed by atoms with Crippen LogP contribution in [0.4, 0.5) is 0 Å². The van der Waals surface area contributed by atoms with Crippen LogP contribution < -0.4 is 0 Å². The molecular formula is C9H14O6. The average Bonchev–Trinajstić information content (AvgIpc) is 2.62. The highest BCUT2D eigenvalue weighted by molar-refractivity contribution is 5.14. The molecule has 0 spiro atoms. The first-order valence-corrected chi connectivity index (χ1v) is 4.68. The molecule has 0 bridgehead atoms. The van der Waals surface area contributed by atoms with Gasteiger partial charge in [-0.2, -0.15) is 0 Å². The molecular weight excluding hydrogens is 204 g/mol. The second-order valence-electron chi connectivity index (χ2n) is 4.05. The Morgan fingerprint density at radius 2 is 1.93 bits per heavy atom. The molecule has 0 aromatic carbocycles. The Balaban J connectivity index is 2.09. The monoisotopic (exact) mass is 218 g/mol. The first kappa shape index (κ1) is 10.7. The van der Waals surface area contributed by atoms with E-state index in [-0.39, 0.29) is 6.61 Å². The van der Waals surface area contributed by atoms with Crippen molar-refractivity contribution < 1.29 is 29.5 Å². The van der Waals surface area contributed by atoms with E-state index in [1.54, 1.807) is 13.8 Å². The van der Waals surface area contributed by atoms with Gasteiger partial charge in [0.05, 0.1) is 6.61 Å². The van der Waals surface area contributed by atoms with Crippen LogP contribution in [-0.2, 0) is 14.2 Å². The predicted octanol–water partition coefficient (Wildman–Crippen LogP) is 0.183. The van der Waals surface area contributed by atoms with E-state index in [0.29, 0.717) is 0 Å². The fraction of sp³-hybridized carbons (Fsp3) is 0.778. The summed E-state index contributed by atoms with van der Waals surface area (Å²) in [6.07, 6.45) is -2.89. The highest BCUT2D eigenvalue weighted by Gasteiger charge is 2.45. The molecule has 86 valence electrons. The van der Waals surface area contributed by atoms with Crippen LogP contribution in [0.25, 0.3) is 0 Å². The maximum absolute atomic E-state index is 9.47. The van der Waals surface area contributed by atoms with Gasteiger partial charge in [-0.25, -0.2) is 0 Å². The number of rotatable bonds is 1. The van der Waals surface area contributed by atoms with Crippen molar-refractivity contribution in [3.05, 3.63) is 11.5 Å². The summed E-state index contributed by atoms with van der Waals surface area (Å²) in [6.45, 7) is 3.71. The molecule has 0 saturated carbocycles. The standard InChI is InChI=1S/C9H14O6/c1-9(2)13-3-4(15-9)7-5(10)6(11)8(12)14-7/h4,7-8,10-12H,3H2,1-2H3. The van der Waals surface area contributed by atoms with Crippen LogP contribution in [0.15, 0.2) is 11.5 Å². The molecule has 6 nitrogen and oxygen atoms in total. The molecule has 1 fully saturated rings. The second kappa shape index (κ2) is 3.34. The lowest BCUT2D eigenvalue weighted by Crippen LogP contribution is -2.33. The maximum atomic E-state index is 9.47. The summed E-state index contributed by atoms with van der Waals surface area (Å²) >= 11 is 0. The largest absolute Gasteiger partial charge is 0.506 e. The van der Waals surface area contributed by atoms with E-state index in [1.807, 2.05) is 0 Å². The molecule has 0 radical (unpaired) electrons. The Kier molecular flexibility index (Phi) is 2.38. The van der Waals surface area contributed by atoms with Crippen molar-refractivity contribution >= 4 is 0 Å². The summed E-state index contributed by atoms with van der Waals surface area (Å²) in [5, 5.41) is 27.8. The fourth-order valence-electron chi connectivity index (χ4n) is 1.67. The van der Waals surface area contributed by atoms with Crippen LogP contribution in [0.3, 0.4) is 0 Å². The van der Waals surface area contributed by atoms with Gasteiger partial charge < -0.3 is 29.5 Å². The van der Waals surface area contributed by atoms with Gasteiger partial charge in [-0.05, 0) is 13.8 Å². The SMILES string of the molecule is CC1(C)OCC(C2OC(O)C(O)=C2O)O1. The van der Waals surface area contributed by atoms with Crippen molar-refractivity contribution in [2.75, 3.05) is 6.61 Å². The van der Waals surface area contributed by atoms with E-state index in [2.05, 4.69) is 0 Å². The summed E-state index contributed by atoms with van der Waals surface area (Å²) in [6, 6.07) is 0. The van der Waals surface area contributed by atoms with E-state index in [0.717, 1.165) is 0 Å². The Hall–Kier alpha value is -0.820. The number of hydrogen-bond acceptors (Lipinski definition) is 6. The molecule has 3 N–H and O–H groups in total. The molecule has 3 atom stereocenters. The molecule has 2 heterocycles. The minimum Gasteiger partial charge on any atom is -0.506 e. The van der Waals surface area contributed by atoms with Gasteiger partial charge in [0.2, 0.25) is 6.29 Å². The summed E-state index contributed by atoms with van der Waals surface area (Å²) in [7, 11) is 0. The lowest BCUT2D eigenvalue weighted by molar-refractivity contribution is -0.171. The third kappa shape index (κ3) is 1.81. The van der Waals surface area contributed by atoms with Gasteiger partial charge in [0.15, 0.2) is 17.3 Å². The highest BCUT2D eigenvalue weighted by atomic mass is 16.8. The second-order valence-corrected chi connectivity index (χ2v) is 4.05. The third-order valence-corrected chi connectivity index (χ3v) is 2.41. The summed E-state index contributed by atoms with van der Waals surface area (Å²) < 4.78 is 15.7. The molecule has 0 aromatic rings. The van der Waals surface area contributed by atoms with Gasteiger partial charge in [0.1, 0.15) is 12.2 Å². The minimum atomic E-state index is -1.48. The van der Waals surface area contributed by atoms with Crippen LogP contribution >= 0.6 is 0 Å². The molecule has 2 aliphatic heterocycles. The molecule has 1 saturated heterocycles. The van der Waals surface area contributed by atoms with Crippen molar-refractivity contribution in [3.8, 4) is 0 Å². The Morgan fingerprint density at radius 1 is 1.27 bits per heavy atom. The van der Waals surface area contributed by atoms with Crippen LogP contribution in [0.1, 0.15) is 13.8 Å². The summed E-state index contributed by atoms with van der Waals surface area (Å²) in [4.78, 5) is 0. The number of aliphatic hydroxyl groups is 3. The van der Waals surface area contributed by atoms with Gasteiger partial charge in [0, 0.05) is 0 Å². The lowest BCUT2D eigenvalue weighted by atomic mass is 10.2. The highest BCUT2D eigenvalue weighted by Crippen LogP contribution is 2.32. The normalized spacial score (nSPS) is 40.1. The molecule has 15 heavy (non-hydrogen) atoms. The van der Waals surface area contributed by atoms with E-state index >= 15 is 0 Å². The Morgan fingerprint density at radius 3 is 2.33 bits per heavy atom. The van der Waals surface area contributed by atoms with E-state index in [4.69, 9.17) is 19.3 Å². The number of ether oxygens (including phenoxy) is 3. The first-order chi connectivity index (χ1) is 6.91. The summed E-state index contributed by atoms with van der Waals surface area (Å²) in [5.74, 6) is -1.70. The van der Waals surface area contributed by atoms with Gasteiger partial charge in [-0.15, -0.1) is 0 Å². The van der Waals surface area contributed by atoms with Gasteiger partial charge >= 0.3 is 0 Å². The van der Waals surface area contributed by atoms with Crippen LogP contribution in [0, 0.1) is 0 Å².